The summed E-state index contributed by atoms with van der Waals surface area (Å²) in [5.41, 5.74) is 7.81. The Bertz CT molecular complexity index is 397. The van der Waals surface area contributed by atoms with Crippen LogP contribution in [0.2, 0.25) is 5.15 Å². The fraction of sp³-hybridized carbons (Fsp3) is 0.364. The maximum atomic E-state index is 5.86. The van der Waals surface area contributed by atoms with Gasteiger partial charge in [0.05, 0.1) is 5.69 Å². The molecule has 0 aliphatic heterocycles. The zero-order valence-corrected chi connectivity index (χ0v) is 9.31. The Morgan fingerprint density at radius 2 is 2.07 bits per heavy atom. The third-order valence-electron chi connectivity index (χ3n) is 1.97. The number of hydrogen-bond acceptors (Lipinski definition) is 2. The first-order chi connectivity index (χ1) is 6.38. The second kappa shape index (κ2) is 3.51. The monoisotopic (exact) mass is 208 g/mol. The van der Waals surface area contributed by atoms with Crippen molar-refractivity contribution in [2.45, 2.75) is 26.2 Å². The summed E-state index contributed by atoms with van der Waals surface area (Å²) in [6.45, 7) is 6.11. The van der Waals surface area contributed by atoms with Gasteiger partial charge in [-0.25, -0.2) is 4.98 Å². The van der Waals surface area contributed by atoms with E-state index in [-0.39, 0.29) is 5.41 Å². The van der Waals surface area contributed by atoms with Gasteiger partial charge in [0.15, 0.2) is 5.15 Å². The van der Waals surface area contributed by atoms with Gasteiger partial charge in [-0.3, -0.25) is 0 Å². The summed E-state index contributed by atoms with van der Waals surface area (Å²) in [7, 11) is 0. The van der Waals surface area contributed by atoms with Crippen molar-refractivity contribution in [2.24, 2.45) is 0 Å². The van der Waals surface area contributed by atoms with Crippen molar-refractivity contribution in [1.82, 2.24) is 4.98 Å². The van der Waals surface area contributed by atoms with Gasteiger partial charge in [0.2, 0.25) is 0 Å². The van der Waals surface area contributed by atoms with Crippen LogP contribution in [0.3, 0.4) is 0 Å². The summed E-state index contributed by atoms with van der Waals surface area (Å²) in [5.74, 6) is 2.57. The molecule has 2 nitrogen and oxygen atoms in total. The van der Waals surface area contributed by atoms with Gasteiger partial charge in [0.25, 0.3) is 0 Å². The first kappa shape index (κ1) is 10.9. The van der Waals surface area contributed by atoms with Crippen LogP contribution in [0.25, 0.3) is 0 Å². The predicted molar refractivity (Wildman–Crippen MR) is 60.3 cm³/mol. The number of anilines is 1. The summed E-state index contributed by atoms with van der Waals surface area (Å²) in [4.78, 5) is 3.92. The molecule has 0 saturated carbocycles. The van der Waals surface area contributed by atoms with Crippen LogP contribution in [0.4, 0.5) is 5.69 Å². The summed E-state index contributed by atoms with van der Waals surface area (Å²) >= 11 is 5.84. The fourth-order valence-electron chi connectivity index (χ4n) is 1.42. The average Bonchev–Trinajstić information content (AvgIpc) is 2.07. The minimum atomic E-state index is -0.127. The van der Waals surface area contributed by atoms with Crippen molar-refractivity contribution in [3.05, 3.63) is 22.5 Å². The summed E-state index contributed by atoms with van der Waals surface area (Å²) in [6.07, 6.45) is 6.96. The molecule has 14 heavy (non-hydrogen) atoms. The van der Waals surface area contributed by atoms with E-state index in [9.17, 15) is 0 Å². The summed E-state index contributed by atoms with van der Waals surface area (Å²) in [5, 5.41) is 0.314. The van der Waals surface area contributed by atoms with Gasteiger partial charge in [0.1, 0.15) is 0 Å². The third kappa shape index (κ3) is 1.83. The largest absolute Gasteiger partial charge is 0.396 e. The summed E-state index contributed by atoms with van der Waals surface area (Å²) in [6, 6.07) is 0. The topological polar surface area (TPSA) is 38.9 Å². The Morgan fingerprint density at radius 1 is 1.50 bits per heavy atom. The molecule has 0 amide bonds. The Morgan fingerprint density at radius 3 is 2.50 bits per heavy atom. The van der Waals surface area contributed by atoms with E-state index in [2.05, 4.69) is 10.9 Å². The number of terminal acetylenes is 1. The van der Waals surface area contributed by atoms with E-state index in [1.54, 1.807) is 6.20 Å². The molecular weight excluding hydrogens is 196 g/mol. The standard InChI is InChI=1S/C11H13ClN2/c1-5-7-6-14-10(12)9(13)8(7)11(2,3)4/h1,6H,13H2,2-4H3. The molecule has 1 aromatic heterocycles. The molecule has 0 spiro atoms. The highest BCUT2D eigenvalue weighted by molar-refractivity contribution is 6.32. The van der Waals surface area contributed by atoms with Gasteiger partial charge in [0, 0.05) is 17.3 Å². The molecule has 1 aromatic rings. The van der Waals surface area contributed by atoms with Gasteiger partial charge in [-0.05, 0) is 5.41 Å². The van der Waals surface area contributed by atoms with Crippen LogP contribution in [-0.2, 0) is 5.41 Å². The molecule has 0 aliphatic carbocycles. The molecule has 3 heteroatoms. The zero-order chi connectivity index (χ0) is 10.9. The predicted octanol–water partition coefficient (Wildman–Crippen LogP) is 2.60. The quantitative estimate of drug-likeness (QED) is 0.526. The minimum absolute atomic E-state index is 0.127. The van der Waals surface area contributed by atoms with Crippen molar-refractivity contribution in [1.29, 1.82) is 0 Å². The molecule has 0 radical (unpaired) electrons. The molecule has 0 aromatic carbocycles. The van der Waals surface area contributed by atoms with E-state index in [0.29, 0.717) is 16.4 Å². The molecule has 0 atom stereocenters. The lowest BCUT2D eigenvalue weighted by Crippen LogP contribution is -2.17. The number of nitrogen functional groups attached to an aromatic ring is 1. The molecular formula is C11H13ClN2. The van der Waals surface area contributed by atoms with Crippen molar-refractivity contribution >= 4 is 17.3 Å². The van der Waals surface area contributed by atoms with Crippen molar-refractivity contribution in [3.63, 3.8) is 0 Å². The Labute approximate surface area is 89.5 Å². The van der Waals surface area contributed by atoms with Crippen LogP contribution in [-0.4, -0.2) is 4.98 Å². The molecule has 0 bridgehead atoms. The number of halogens is 1. The highest BCUT2D eigenvalue weighted by Gasteiger charge is 2.22. The van der Waals surface area contributed by atoms with E-state index in [1.165, 1.54) is 0 Å². The maximum absolute atomic E-state index is 5.86. The second-order valence-corrected chi connectivity index (χ2v) is 4.50. The Kier molecular flexibility index (Phi) is 2.73. The lowest BCUT2D eigenvalue weighted by Gasteiger charge is -2.23. The smallest absolute Gasteiger partial charge is 0.152 e. The van der Waals surface area contributed by atoms with Crippen molar-refractivity contribution in [3.8, 4) is 12.3 Å². The van der Waals surface area contributed by atoms with Gasteiger partial charge >= 0.3 is 0 Å². The number of pyridine rings is 1. The van der Waals surface area contributed by atoms with Gasteiger partial charge in [-0.1, -0.05) is 38.3 Å². The number of rotatable bonds is 0. The number of hydrogen-bond donors (Lipinski definition) is 1. The number of aromatic nitrogens is 1. The van der Waals surface area contributed by atoms with Crippen LogP contribution in [0.1, 0.15) is 31.9 Å². The minimum Gasteiger partial charge on any atom is -0.396 e. The van der Waals surface area contributed by atoms with Crippen LogP contribution in [0.5, 0.6) is 0 Å². The first-order valence-corrected chi connectivity index (χ1v) is 4.66. The van der Waals surface area contributed by atoms with Crippen molar-refractivity contribution in [2.75, 3.05) is 5.73 Å². The van der Waals surface area contributed by atoms with E-state index >= 15 is 0 Å². The zero-order valence-electron chi connectivity index (χ0n) is 8.56. The normalized spacial score (nSPS) is 11.1. The number of nitrogens with zero attached hydrogens (tertiary/aromatic N) is 1. The summed E-state index contributed by atoms with van der Waals surface area (Å²) < 4.78 is 0. The Balaban J connectivity index is 3.54. The van der Waals surface area contributed by atoms with Crippen LogP contribution >= 0.6 is 11.6 Å². The van der Waals surface area contributed by atoms with E-state index in [4.69, 9.17) is 23.8 Å². The van der Waals surface area contributed by atoms with Crippen LogP contribution in [0.15, 0.2) is 6.20 Å². The van der Waals surface area contributed by atoms with Crippen LogP contribution in [0, 0.1) is 12.3 Å². The van der Waals surface area contributed by atoms with Crippen molar-refractivity contribution < 1.29 is 0 Å². The van der Waals surface area contributed by atoms with E-state index < -0.39 is 0 Å². The van der Waals surface area contributed by atoms with E-state index in [1.807, 2.05) is 20.8 Å². The lowest BCUT2D eigenvalue weighted by atomic mass is 9.84. The molecule has 0 fully saturated rings. The van der Waals surface area contributed by atoms with Gasteiger partial charge in [-0.15, -0.1) is 6.42 Å². The number of nitrogens with two attached hydrogens (primary N) is 1. The highest BCUT2D eigenvalue weighted by atomic mass is 35.5. The molecule has 1 rings (SSSR count). The third-order valence-corrected chi connectivity index (χ3v) is 2.27. The average molecular weight is 209 g/mol. The molecule has 1 heterocycles. The fourth-order valence-corrected chi connectivity index (χ4v) is 1.56. The lowest BCUT2D eigenvalue weighted by molar-refractivity contribution is 0.590. The van der Waals surface area contributed by atoms with Gasteiger partial charge < -0.3 is 5.73 Å². The van der Waals surface area contributed by atoms with E-state index in [0.717, 1.165) is 5.56 Å². The van der Waals surface area contributed by atoms with Crippen LogP contribution < -0.4 is 5.73 Å². The molecule has 2 N–H and O–H groups in total. The molecule has 0 unspecified atom stereocenters. The Hall–Kier alpha value is -1.20. The second-order valence-electron chi connectivity index (χ2n) is 4.15. The first-order valence-electron chi connectivity index (χ1n) is 4.29. The SMILES string of the molecule is C#Cc1cnc(Cl)c(N)c1C(C)(C)C. The maximum Gasteiger partial charge on any atom is 0.152 e. The molecule has 74 valence electrons. The highest BCUT2D eigenvalue weighted by Crippen LogP contribution is 2.33. The van der Waals surface area contributed by atoms with Gasteiger partial charge in [-0.2, -0.15) is 0 Å². The molecule has 0 saturated heterocycles. The molecule has 0 aliphatic rings.